The number of hydrogen-bond acceptors (Lipinski definition) is 5. The number of hydrogen-bond donors (Lipinski definition) is 0. The van der Waals surface area contributed by atoms with Crippen molar-refractivity contribution in [1.29, 1.82) is 0 Å². The van der Waals surface area contributed by atoms with Gasteiger partial charge in [-0.15, -0.1) is 0 Å². The van der Waals surface area contributed by atoms with Crippen LogP contribution in [0, 0.1) is 5.92 Å². The molecule has 3 rings (SSSR count). The van der Waals surface area contributed by atoms with Crippen LogP contribution in [0.3, 0.4) is 0 Å². The highest BCUT2D eigenvalue weighted by Crippen LogP contribution is 2.36. The third kappa shape index (κ3) is 9.46. The van der Waals surface area contributed by atoms with Crippen LogP contribution >= 0.6 is 0 Å². The summed E-state index contributed by atoms with van der Waals surface area (Å²) in [5.74, 6) is 0.878. The van der Waals surface area contributed by atoms with Gasteiger partial charge in [0.05, 0.1) is 29.7 Å². The van der Waals surface area contributed by atoms with Crippen LogP contribution in [0.15, 0.2) is 18.3 Å². The van der Waals surface area contributed by atoms with Gasteiger partial charge in [0.25, 0.3) is 0 Å². The Morgan fingerprint density at radius 3 is 2.19 bits per heavy atom. The molecule has 0 amide bonds. The molecule has 5 heteroatoms. The maximum absolute atomic E-state index is 6.05. The van der Waals surface area contributed by atoms with Crippen LogP contribution in [-0.2, 0) is 22.4 Å². The topological polar surface area (TPSA) is 37.8 Å². The summed E-state index contributed by atoms with van der Waals surface area (Å²) in [5.41, 5.74) is 2.50. The van der Waals surface area contributed by atoms with Crippen molar-refractivity contribution >= 4 is 0 Å². The molecule has 5 nitrogen and oxygen atoms in total. The van der Waals surface area contributed by atoms with E-state index in [9.17, 15) is 0 Å². The molecule has 0 bridgehead atoms. The Bertz CT molecular complexity index is 664. The largest absolute Gasteiger partial charge is 0.373 e. The van der Waals surface area contributed by atoms with Gasteiger partial charge in [0, 0.05) is 38.9 Å². The van der Waals surface area contributed by atoms with Crippen molar-refractivity contribution < 1.29 is 9.47 Å². The summed E-state index contributed by atoms with van der Waals surface area (Å²) < 4.78 is 12.0. The summed E-state index contributed by atoms with van der Waals surface area (Å²) >= 11 is 0. The standard InChI is InChI=1S/C27H47N3O2/c1-26(2,3)31-21-30-15-13-29(14-16-30)20-24-12-11-22(19-28-24)9-7-8-10-23-17-25(18-23)32-27(4,5)6/h11-12,19,23,25H,7-10,13-18,20-21H2,1-6H3. The van der Waals surface area contributed by atoms with Crippen LogP contribution in [0.25, 0.3) is 0 Å². The molecule has 32 heavy (non-hydrogen) atoms. The first-order valence-corrected chi connectivity index (χ1v) is 12.8. The Morgan fingerprint density at radius 2 is 1.59 bits per heavy atom. The fourth-order valence-corrected chi connectivity index (χ4v) is 4.56. The molecule has 1 saturated heterocycles. The number of nitrogens with zero attached hydrogens (tertiary/aromatic N) is 3. The quantitative estimate of drug-likeness (QED) is 0.458. The predicted molar refractivity (Wildman–Crippen MR) is 132 cm³/mol. The van der Waals surface area contributed by atoms with Crippen molar-refractivity contribution in [3.05, 3.63) is 29.6 Å². The fraction of sp³-hybridized carbons (Fsp3) is 0.815. The van der Waals surface area contributed by atoms with Gasteiger partial charge in [0.2, 0.25) is 0 Å². The van der Waals surface area contributed by atoms with Gasteiger partial charge in [-0.25, -0.2) is 0 Å². The third-order valence-corrected chi connectivity index (χ3v) is 6.46. The molecule has 0 aromatic carbocycles. The summed E-state index contributed by atoms with van der Waals surface area (Å²) in [5, 5.41) is 0. The predicted octanol–water partition coefficient (Wildman–Crippen LogP) is 5.28. The molecule has 182 valence electrons. The Labute approximate surface area is 196 Å². The molecule has 2 fully saturated rings. The van der Waals surface area contributed by atoms with Crippen molar-refractivity contribution in [2.45, 2.75) is 104 Å². The van der Waals surface area contributed by atoms with Gasteiger partial charge in [0.1, 0.15) is 0 Å². The average molecular weight is 446 g/mol. The first kappa shape index (κ1) is 25.6. The molecule has 1 aliphatic heterocycles. The Balaban J connectivity index is 1.26. The summed E-state index contributed by atoms with van der Waals surface area (Å²) in [4.78, 5) is 9.66. The van der Waals surface area contributed by atoms with Crippen LogP contribution in [0.5, 0.6) is 0 Å². The van der Waals surface area contributed by atoms with E-state index in [1.54, 1.807) is 0 Å². The van der Waals surface area contributed by atoms with Gasteiger partial charge >= 0.3 is 0 Å². The normalized spacial score (nSPS) is 23.3. The molecule has 1 saturated carbocycles. The van der Waals surface area contributed by atoms with Crippen molar-refractivity contribution in [3.63, 3.8) is 0 Å². The van der Waals surface area contributed by atoms with E-state index in [1.807, 2.05) is 0 Å². The number of rotatable bonds is 10. The highest BCUT2D eigenvalue weighted by molar-refractivity contribution is 5.14. The van der Waals surface area contributed by atoms with Crippen molar-refractivity contribution in [2.75, 3.05) is 32.9 Å². The van der Waals surface area contributed by atoms with Crippen LogP contribution in [-0.4, -0.2) is 65.0 Å². The number of aromatic nitrogens is 1. The van der Waals surface area contributed by atoms with Crippen molar-refractivity contribution in [1.82, 2.24) is 14.8 Å². The van der Waals surface area contributed by atoms with Gasteiger partial charge in [-0.05, 0) is 84.8 Å². The number of piperazine rings is 1. The Kier molecular flexibility index (Phi) is 9.14. The van der Waals surface area contributed by atoms with E-state index in [2.05, 4.69) is 69.7 Å². The van der Waals surface area contributed by atoms with E-state index in [0.29, 0.717) is 6.10 Å². The highest BCUT2D eigenvalue weighted by Gasteiger charge is 2.32. The SMILES string of the molecule is CC(C)(C)OCN1CCN(Cc2ccc(CCCCC3CC(OC(C)(C)C)C3)cn2)CC1. The monoisotopic (exact) mass is 445 g/mol. The molecule has 0 spiro atoms. The van der Waals surface area contributed by atoms with E-state index in [0.717, 1.165) is 51.8 Å². The lowest BCUT2D eigenvalue weighted by Gasteiger charge is -2.39. The van der Waals surface area contributed by atoms with E-state index >= 15 is 0 Å². The average Bonchev–Trinajstić information content (AvgIpc) is 2.68. The van der Waals surface area contributed by atoms with Gasteiger partial charge in [-0.3, -0.25) is 14.8 Å². The summed E-state index contributed by atoms with van der Waals surface area (Å²) in [6.45, 7) is 18.8. The van der Waals surface area contributed by atoms with Crippen LogP contribution < -0.4 is 0 Å². The zero-order valence-electron chi connectivity index (χ0n) is 21.5. The molecule has 2 aliphatic rings. The maximum atomic E-state index is 6.05. The molecular formula is C27H47N3O2. The third-order valence-electron chi connectivity index (χ3n) is 6.46. The van der Waals surface area contributed by atoms with Crippen LogP contribution in [0.2, 0.25) is 0 Å². The van der Waals surface area contributed by atoms with E-state index in [1.165, 1.54) is 43.4 Å². The molecule has 0 atom stereocenters. The summed E-state index contributed by atoms with van der Waals surface area (Å²) in [7, 11) is 0. The van der Waals surface area contributed by atoms with Gasteiger partial charge in [-0.1, -0.05) is 18.9 Å². The fourth-order valence-electron chi connectivity index (χ4n) is 4.56. The molecule has 1 aromatic rings. The minimum atomic E-state index is -0.0654. The number of ether oxygens (including phenoxy) is 2. The van der Waals surface area contributed by atoms with Gasteiger partial charge in [0.15, 0.2) is 0 Å². The van der Waals surface area contributed by atoms with E-state index in [-0.39, 0.29) is 11.2 Å². The molecule has 1 aliphatic carbocycles. The summed E-state index contributed by atoms with van der Waals surface area (Å²) in [6.07, 6.45) is 10.2. The number of unbranched alkanes of at least 4 members (excludes halogenated alkanes) is 1. The lowest BCUT2D eigenvalue weighted by Crippen LogP contribution is -2.47. The molecule has 0 radical (unpaired) electrons. The number of pyridine rings is 1. The second kappa shape index (κ2) is 11.4. The van der Waals surface area contributed by atoms with Crippen molar-refractivity contribution in [2.24, 2.45) is 5.92 Å². The van der Waals surface area contributed by atoms with Crippen LogP contribution in [0.1, 0.15) is 84.9 Å². The second-order valence-electron chi connectivity index (χ2n) is 11.9. The number of aryl methyl sites for hydroxylation is 1. The van der Waals surface area contributed by atoms with E-state index < -0.39 is 0 Å². The van der Waals surface area contributed by atoms with Gasteiger partial charge in [-0.2, -0.15) is 0 Å². The second-order valence-corrected chi connectivity index (χ2v) is 11.9. The Morgan fingerprint density at radius 1 is 0.906 bits per heavy atom. The van der Waals surface area contributed by atoms with Crippen molar-refractivity contribution in [3.8, 4) is 0 Å². The molecule has 2 heterocycles. The summed E-state index contributed by atoms with van der Waals surface area (Å²) in [6, 6.07) is 4.51. The zero-order chi connectivity index (χ0) is 23.2. The molecule has 0 N–H and O–H groups in total. The minimum Gasteiger partial charge on any atom is -0.373 e. The first-order chi connectivity index (χ1) is 15.1. The van der Waals surface area contributed by atoms with Crippen LogP contribution in [0.4, 0.5) is 0 Å². The molecule has 0 unspecified atom stereocenters. The molecule has 1 aromatic heterocycles. The minimum absolute atomic E-state index is 0.00416. The lowest BCUT2D eigenvalue weighted by molar-refractivity contribution is -0.113. The maximum Gasteiger partial charge on any atom is 0.0998 e. The Hall–Kier alpha value is -1.01. The van der Waals surface area contributed by atoms with Gasteiger partial charge < -0.3 is 9.47 Å². The lowest BCUT2D eigenvalue weighted by atomic mass is 9.78. The van der Waals surface area contributed by atoms with E-state index in [4.69, 9.17) is 14.5 Å². The molecular weight excluding hydrogens is 398 g/mol. The first-order valence-electron chi connectivity index (χ1n) is 12.8. The zero-order valence-corrected chi connectivity index (χ0v) is 21.5. The smallest absolute Gasteiger partial charge is 0.0998 e. The highest BCUT2D eigenvalue weighted by atomic mass is 16.5.